The highest BCUT2D eigenvalue weighted by Gasteiger charge is 2.20. The molecule has 20 heavy (non-hydrogen) atoms. The third kappa shape index (κ3) is 2.76. The van der Waals surface area contributed by atoms with E-state index < -0.39 is 0 Å². The highest BCUT2D eigenvalue weighted by molar-refractivity contribution is 7.10. The maximum atomic E-state index is 12.2. The van der Waals surface area contributed by atoms with Crippen LogP contribution in [-0.4, -0.2) is 33.7 Å². The van der Waals surface area contributed by atoms with Crippen molar-refractivity contribution in [2.45, 2.75) is 19.5 Å². The number of aromatic nitrogens is 2. The summed E-state index contributed by atoms with van der Waals surface area (Å²) in [4.78, 5) is 15.6. The number of thiophene rings is 1. The fourth-order valence-electron chi connectivity index (χ4n) is 2.45. The van der Waals surface area contributed by atoms with Gasteiger partial charge in [-0.1, -0.05) is 0 Å². The van der Waals surface area contributed by atoms with Gasteiger partial charge in [0.15, 0.2) is 0 Å². The molecule has 0 saturated carbocycles. The average Bonchev–Trinajstić information content (AvgIpc) is 3.07. The molecule has 0 aromatic carbocycles. The zero-order valence-electron chi connectivity index (χ0n) is 11.5. The van der Waals surface area contributed by atoms with Gasteiger partial charge in [-0.2, -0.15) is 5.10 Å². The predicted molar refractivity (Wildman–Crippen MR) is 78.4 cm³/mol. The van der Waals surface area contributed by atoms with Gasteiger partial charge in [0.2, 0.25) is 5.91 Å². The van der Waals surface area contributed by atoms with E-state index in [0.29, 0.717) is 13.1 Å². The lowest BCUT2D eigenvalue weighted by molar-refractivity contribution is -0.131. The standard InChI is InChI=1S/C14H18N4OS/c1-17-12(2-5-16-17)8-15-9-14(19)18-6-3-13-11(10-18)4-7-20-13/h2,4-5,7,15H,3,6,8-10H2,1H3. The maximum Gasteiger partial charge on any atom is 0.236 e. The van der Waals surface area contributed by atoms with Crippen molar-refractivity contribution in [3.63, 3.8) is 0 Å². The smallest absolute Gasteiger partial charge is 0.236 e. The van der Waals surface area contributed by atoms with Crippen molar-refractivity contribution in [2.24, 2.45) is 7.05 Å². The summed E-state index contributed by atoms with van der Waals surface area (Å²) < 4.78 is 1.82. The van der Waals surface area contributed by atoms with Crippen molar-refractivity contribution in [2.75, 3.05) is 13.1 Å². The van der Waals surface area contributed by atoms with Crippen molar-refractivity contribution in [3.05, 3.63) is 39.8 Å². The van der Waals surface area contributed by atoms with Gasteiger partial charge in [-0.05, 0) is 29.5 Å². The maximum absolute atomic E-state index is 12.2. The minimum absolute atomic E-state index is 0.170. The van der Waals surface area contributed by atoms with Crippen LogP contribution in [0.5, 0.6) is 0 Å². The van der Waals surface area contributed by atoms with Gasteiger partial charge in [-0.15, -0.1) is 11.3 Å². The molecule has 1 N–H and O–H groups in total. The van der Waals surface area contributed by atoms with Crippen LogP contribution in [0.3, 0.4) is 0 Å². The summed E-state index contributed by atoms with van der Waals surface area (Å²) in [7, 11) is 1.90. The van der Waals surface area contributed by atoms with Gasteiger partial charge in [-0.25, -0.2) is 0 Å². The van der Waals surface area contributed by atoms with Gasteiger partial charge in [0.05, 0.1) is 12.2 Å². The molecule has 6 heteroatoms. The van der Waals surface area contributed by atoms with Gasteiger partial charge in [-0.3, -0.25) is 9.48 Å². The van der Waals surface area contributed by atoms with Gasteiger partial charge in [0.1, 0.15) is 0 Å². The van der Waals surface area contributed by atoms with Crippen LogP contribution in [0.25, 0.3) is 0 Å². The lowest BCUT2D eigenvalue weighted by Gasteiger charge is -2.27. The van der Waals surface area contributed by atoms with Crippen LogP contribution in [0.15, 0.2) is 23.7 Å². The average molecular weight is 290 g/mol. The number of aryl methyl sites for hydroxylation is 1. The second-order valence-electron chi connectivity index (χ2n) is 4.98. The van der Waals surface area contributed by atoms with E-state index in [1.807, 2.05) is 22.7 Å². The van der Waals surface area contributed by atoms with Crippen molar-refractivity contribution < 1.29 is 4.79 Å². The quantitative estimate of drug-likeness (QED) is 0.919. The van der Waals surface area contributed by atoms with Crippen LogP contribution < -0.4 is 5.32 Å². The number of nitrogens with one attached hydrogen (secondary N) is 1. The Bertz CT molecular complexity index is 604. The van der Waals surface area contributed by atoms with E-state index in [-0.39, 0.29) is 5.91 Å². The molecular weight excluding hydrogens is 272 g/mol. The first-order chi connectivity index (χ1) is 9.74. The summed E-state index contributed by atoms with van der Waals surface area (Å²) in [6.07, 6.45) is 2.75. The van der Waals surface area contributed by atoms with Gasteiger partial charge in [0.25, 0.3) is 0 Å². The number of fused-ring (bicyclic) bond motifs is 1. The normalized spacial score (nSPS) is 14.3. The molecule has 0 spiro atoms. The number of nitrogens with zero attached hydrogens (tertiary/aromatic N) is 3. The van der Waals surface area contributed by atoms with Gasteiger partial charge < -0.3 is 10.2 Å². The molecule has 2 aromatic heterocycles. The second kappa shape index (κ2) is 5.76. The highest BCUT2D eigenvalue weighted by atomic mass is 32.1. The fourth-order valence-corrected chi connectivity index (χ4v) is 3.34. The van der Waals surface area contributed by atoms with Crippen molar-refractivity contribution in [1.82, 2.24) is 20.0 Å². The Balaban J connectivity index is 1.49. The molecule has 1 aliphatic rings. The molecule has 0 unspecified atom stereocenters. The van der Waals surface area contributed by atoms with Gasteiger partial charge >= 0.3 is 0 Å². The van der Waals surface area contributed by atoms with E-state index in [2.05, 4.69) is 21.9 Å². The molecule has 3 rings (SSSR count). The Morgan fingerprint density at radius 1 is 1.50 bits per heavy atom. The number of rotatable bonds is 4. The van der Waals surface area contributed by atoms with Crippen molar-refractivity contribution in [1.29, 1.82) is 0 Å². The summed E-state index contributed by atoms with van der Waals surface area (Å²) in [6.45, 7) is 2.63. The minimum atomic E-state index is 0.170. The van der Waals surface area contributed by atoms with Crippen LogP contribution in [0.4, 0.5) is 0 Å². The van der Waals surface area contributed by atoms with Crippen molar-refractivity contribution >= 4 is 17.2 Å². The van der Waals surface area contributed by atoms with Crippen LogP contribution in [0.1, 0.15) is 16.1 Å². The third-order valence-electron chi connectivity index (χ3n) is 3.67. The first-order valence-corrected chi connectivity index (χ1v) is 7.62. The minimum Gasteiger partial charge on any atom is -0.337 e. The Labute approximate surface area is 122 Å². The number of amides is 1. The van der Waals surface area contributed by atoms with E-state index in [0.717, 1.165) is 25.2 Å². The fraction of sp³-hybridized carbons (Fsp3) is 0.429. The highest BCUT2D eigenvalue weighted by Crippen LogP contribution is 2.23. The molecule has 0 atom stereocenters. The summed E-state index contributed by atoms with van der Waals surface area (Å²) in [5, 5.41) is 9.41. The number of hydrogen-bond donors (Lipinski definition) is 1. The van der Waals surface area contributed by atoms with Crippen LogP contribution in [-0.2, 0) is 31.4 Å². The molecule has 1 aliphatic heterocycles. The summed E-state index contributed by atoms with van der Waals surface area (Å²) in [5.41, 5.74) is 2.39. The number of carbonyl (C=O) groups is 1. The predicted octanol–water partition coefficient (Wildman–Crippen LogP) is 1.16. The molecule has 0 fully saturated rings. The van der Waals surface area contributed by atoms with Crippen molar-refractivity contribution in [3.8, 4) is 0 Å². The lowest BCUT2D eigenvalue weighted by Crippen LogP contribution is -2.40. The first-order valence-electron chi connectivity index (χ1n) is 6.74. The summed E-state index contributed by atoms with van der Waals surface area (Å²) >= 11 is 1.79. The zero-order chi connectivity index (χ0) is 13.9. The second-order valence-corrected chi connectivity index (χ2v) is 5.98. The van der Waals surface area contributed by atoms with E-state index in [4.69, 9.17) is 0 Å². The van der Waals surface area contributed by atoms with Crippen LogP contribution >= 0.6 is 11.3 Å². The summed E-state index contributed by atoms with van der Waals surface area (Å²) in [6, 6.07) is 4.08. The molecule has 0 saturated heterocycles. The third-order valence-corrected chi connectivity index (χ3v) is 4.69. The number of hydrogen-bond acceptors (Lipinski definition) is 4. The molecule has 0 bridgehead atoms. The topological polar surface area (TPSA) is 50.2 Å². The largest absolute Gasteiger partial charge is 0.337 e. The Morgan fingerprint density at radius 3 is 3.20 bits per heavy atom. The molecular formula is C14H18N4OS. The van der Waals surface area contributed by atoms with E-state index in [1.54, 1.807) is 17.5 Å². The molecule has 3 heterocycles. The summed E-state index contributed by atoms with van der Waals surface area (Å²) in [5.74, 6) is 0.170. The molecule has 106 valence electrons. The molecule has 0 radical (unpaired) electrons. The number of carbonyl (C=O) groups excluding carboxylic acids is 1. The van der Waals surface area contributed by atoms with E-state index in [1.165, 1.54) is 10.4 Å². The Kier molecular flexibility index (Phi) is 3.84. The monoisotopic (exact) mass is 290 g/mol. The molecule has 0 aliphatic carbocycles. The van der Waals surface area contributed by atoms with Crippen LogP contribution in [0.2, 0.25) is 0 Å². The SMILES string of the molecule is Cn1nccc1CNCC(=O)N1CCc2sccc2C1. The first kappa shape index (κ1) is 13.3. The van der Waals surface area contributed by atoms with E-state index in [9.17, 15) is 4.79 Å². The Hall–Kier alpha value is -1.66. The van der Waals surface area contributed by atoms with Crippen LogP contribution in [0, 0.1) is 0 Å². The van der Waals surface area contributed by atoms with E-state index >= 15 is 0 Å². The Morgan fingerprint density at radius 2 is 2.40 bits per heavy atom. The lowest BCUT2D eigenvalue weighted by atomic mass is 10.1. The molecule has 2 aromatic rings. The zero-order valence-corrected chi connectivity index (χ0v) is 12.3. The molecule has 5 nitrogen and oxygen atoms in total. The molecule has 1 amide bonds. The van der Waals surface area contributed by atoms with Gasteiger partial charge in [0, 0.05) is 37.8 Å².